The molecule has 3 heterocycles. The third kappa shape index (κ3) is 2.55. The number of nitrogens with two attached hydrogens (primary N) is 1. The van der Waals surface area contributed by atoms with Gasteiger partial charge in [-0.1, -0.05) is 0 Å². The first-order valence-corrected chi connectivity index (χ1v) is 6.62. The number of aliphatic hydroxyl groups excluding tert-OH is 1. The Morgan fingerprint density at radius 2 is 2.15 bits per heavy atom. The monoisotopic (exact) mass is 275 g/mol. The second kappa shape index (κ2) is 5.41. The fourth-order valence-corrected chi connectivity index (χ4v) is 2.44. The van der Waals surface area contributed by atoms with Crippen LogP contribution in [0.15, 0.2) is 18.7 Å². The molecule has 2 aromatic rings. The van der Waals surface area contributed by atoms with Gasteiger partial charge < -0.3 is 15.7 Å². The van der Waals surface area contributed by atoms with E-state index in [9.17, 15) is 0 Å². The van der Waals surface area contributed by atoms with Gasteiger partial charge in [0.15, 0.2) is 0 Å². The first-order chi connectivity index (χ1) is 9.76. The van der Waals surface area contributed by atoms with Crippen LogP contribution in [-0.4, -0.2) is 49.3 Å². The van der Waals surface area contributed by atoms with Crippen LogP contribution in [0.5, 0.6) is 0 Å². The average Bonchev–Trinajstić information content (AvgIpc) is 3.09. The summed E-state index contributed by atoms with van der Waals surface area (Å²) < 4.78 is 1.70. The Kier molecular flexibility index (Phi) is 3.46. The normalized spacial score (nSPS) is 18.6. The highest BCUT2D eigenvalue weighted by Gasteiger charge is 2.24. The number of rotatable bonds is 4. The Labute approximate surface area is 116 Å². The zero-order valence-electron chi connectivity index (χ0n) is 11.1. The van der Waals surface area contributed by atoms with E-state index in [1.54, 1.807) is 23.3 Å². The van der Waals surface area contributed by atoms with Crippen molar-refractivity contribution in [3.63, 3.8) is 0 Å². The van der Waals surface area contributed by atoms with Gasteiger partial charge in [0.1, 0.15) is 6.33 Å². The second-order valence-corrected chi connectivity index (χ2v) is 4.88. The van der Waals surface area contributed by atoms with Gasteiger partial charge in [0.05, 0.1) is 0 Å². The Balaban J connectivity index is 1.84. The number of anilines is 2. The molecule has 20 heavy (non-hydrogen) atoms. The number of hydrogen-bond donors (Lipinski definition) is 2. The molecular formula is C12H17N7O. The molecule has 106 valence electrons. The van der Waals surface area contributed by atoms with Gasteiger partial charge in [0, 0.05) is 32.1 Å². The van der Waals surface area contributed by atoms with Crippen molar-refractivity contribution in [1.82, 2.24) is 24.5 Å². The third-order valence-corrected chi connectivity index (χ3v) is 3.47. The predicted molar refractivity (Wildman–Crippen MR) is 73.4 cm³/mol. The van der Waals surface area contributed by atoms with Crippen molar-refractivity contribution in [2.75, 3.05) is 30.3 Å². The van der Waals surface area contributed by atoms with Crippen molar-refractivity contribution in [2.24, 2.45) is 5.92 Å². The van der Waals surface area contributed by atoms with Gasteiger partial charge in [-0.05, 0) is 18.8 Å². The maximum atomic E-state index is 9.01. The average molecular weight is 275 g/mol. The predicted octanol–water partition coefficient (Wildman–Crippen LogP) is -0.152. The van der Waals surface area contributed by atoms with Gasteiger partial charge in [-0.25, -0.2) is 4.98 Å². The minimum absolute atomic E-state index is 0.198. The Morgan fingerprint density at radius 3 is 2.90 bits per heavy atom. The van der Waals surface area contributed by atoms with Gasteiger partial charge in [0.25, 0.3) is 0 Å². The minimum atomic E-state index is 0.198. The molecule has 0 spiro atoms. The lowest BCUT2D eigenvalue weighted by molar-refractivity contribution is 0.263. The van der Waals surface area contributed by atoms with Crippen LogP contribution in [0.2, 0.25) is 0 Å². The van der Waals surface area contributed by atoms with E-state index in [4.69, 9.17) is 10.8 Å². The van der Waals surface area contributed by atoms with Gasteiger partial charge in [-0.3, -0.25) is 4.57 Å². The molecule has 3 rings (SSSR count). The summed E-state index contributed by atoms with van der Waals surface area (Å²) in [6.07, 6.45) is 6.89. The largest absolute Gasteiger partial charge is 0.396 e. The van der Waals surface area contributed by atoms with E-state index in [0.717, 1.165) is 25.9 Å². The first kappa shape index (κ1) is 12.8. The molecule has 0 saturated carbocycles. The van der Waals surface area contributed by atoms with E-state index >= 15 is 0 Å². The molecular weight excluding hydrogens is 258 g/mol. The summed E-state index contributed by atoms with van der Waals surface area (Å²) >= 11 is 0. The van der Waals surface area contributed by atoms with Crippen LogP contribution >= 0.6 is 0 Å². The quantitative estimate of drug-likeness (QED) is 0.799. The highest BCUT2D eigenvalue weighted by Crippen LogP contribution is 2.23. The standard InChI is InChI=1S/C12H17N7O/c13-10-15-11(18-4-1-9(7-18)2-6-20)17-12(16-10)19-5-3-14-8-19/h3,5,8-9,20H,1-2,4,6-7H2,(H2,13,15,16,17). The minimum Gasteiger partial charge on any atom is -0.396 e. The molecule has 3 N–H and O–H groups in total. The number of aliphatic hydroxyl groups is 1. The fraction of sp³-hybridized carbons (Fsp3) is 0.500. The first-order valence-electron chi connectivity index (χ1n) is 6.62. The molecule has 2 aromatic heterocycles. The van der Waals surface area contributed by atoms with E-state index in [1.165, 1.54) is 0 Å². The van der Waals surface area contributed by atoms with Crippen LogP contribution in [0, 0.1) is 5.92 Å². The second-order valence-electron chi connectivity index (χ2n) is 4.88. The van der Waals surface area contributed by atoms with Crippen molar-refractivity contribution >= 4 is 11.9 Å². The Hall–Kier alpha value is -2.22. The molecule has 0 aromatic carbocycles. The van der Waals surface area contributed by atoms with Crippen LogP contribution in [0.1, 0.15) is 12.8 Å². The van der Waals surface area contributed by atoms with Crippen LogP contribution < -0.4 is 10.6 Å². The molecule has 8 heteroatoms. The topological polar surface area (TPSA) is 106 Å². The van der Waals surface area contributed by atoms with Crippen molar-refractivity contribution in [1.29, 1.82) is 0 Å². The zero-order valence-corrected chi connectivity index (χ0v) is 11.1. The summed E-state index contributed by atoms with van der Waals surface area (Å²) in [7, 11) is 0. The number of hydrogen-bond acceptors (Lipinski definition) is 7. The number of aromatic nitrogens is 5. The van der Waals surface area contributed by atoms with Crippen LogP contribution in [0.3, 0.4) is 0 Å². The molecule has 1 aliphatic rings. The fourth-order valence-electron chi connectivity index (χ4n) is 2.44. The summed E-state index contributed by atoms with van der Waals surface area (Å²) in [6.45, 7) is 1.93. The third-order valence-electron chi connectivity index (χ3n) is 3.47. The number of imidazole rings is 1. The summed E-state index contributed by atoms with van der Waals surface area (Å²) in [6, 6.07) is 0. The molecule has 8 nitrogen and oxygen atoms in total. The van der Waals surface area contributed by atoms with E-state index < -0.39 is 0 Å². The van der Waals surface area contributed by atoms with Gasteiger partial charge in [0.2, 0.25) is 17.8 Å². The van der Waals surface area contributed by atoms with E-state index in [0.29, 0.717) is 17.8 Å². The van der Waals surface area contributed by atoms with Gasteiger partial charge >= 0.3 is 0 Å². The van der Waals surface area contributed by atoms with Gasteiger partial charge in [-0.15, -0.1) is 0 Å². The lowest BCUT2D eigenvalue weighted by atomic mass is 10.1. The van der Waals surface area contributed by atoms with Crippen molar-refractivity contribution in [3.8, 4) is 5.95 Å². The molecule has 1 saturated heterocycles. The number of nitrogens with zero attached hydrogens (tertiary/aromatic N) is 6. The highest BCUT2D eigenvalue weighted by molar-refractivity contribution is 5.39. The van der Waals surface area contributed by atoms with Crippen LogP contribution in [0.25, 0.3) is 5.95 Å². The maximum absolute atomic E-state index is 9.01. The SMILES string of the molecule is Nc1nc(N2CCC(CCO)C2)nc(-n2ccnc2)n1. The smallest absolute Gasteiger partial charge is 0.241 e. The molecule has 1 aliphatic heterocycles. The molecule has 1 fully saturated rings. The molecule has 1 unspecified atom stereocenters. The lowest BCUT2D eigenvalue weighted by Crippen LogP contribution is -2.24. The summed E-state index contributed by atoms with van der Waals surface area (Å²) in [5.41, 5.74) is 5.76. The molecule has 0 bridgehead atoms. The van der Waals surface area contributed by atoms with E-state index in [2.05, 4.69) is 24.8 Å². The van der Waals surface area contributed by atoms with Crippen molar-refractivity contribution < 1.29 is 5.11 Å². The Bertz CT molecular complexity index is 571. The molecule has 0 amide bonds. The molecule has 1 atom stereocenters. The van der Waals surface area contributed by atoms with E-state index in [-0.39, 0.29) is 12.6 Å². The summed E-state index contributed by atoms with van der Waals surface area (Å²) in [4.78, 5) is 18.8. The van der Waals surface area contributed by atoms with Crippen LogP contribution in [0.4, 0.5) is 11.9 Å². The molecule has 0 aliphatic carbocycles. The summed E-state index contributed by atoms with van der Waals surface area (Å²) in [5, 5.41) is 9.01. The summed E-state index contributed by atoms with van der Waals surface area (Å²) in [5.74, 6) is 1.73. The molecule has 0 radical (unpaired) electrons. The lowest BCUT2D eigenvalue weighted by Gasteiger charge is -2.17. The number of nitrogen functional groups attached to an aromatic ring is 1. The Morgan fingerprint density at radius 1 is 1.30 bits per heavy atom. The van der Waals surface area contributed by atoms with Crippen LogP contribution in [-0.2, 0) is 0 Å². The van der Waals surface area contributed by atoms with Gasteiger partial charge in [-0.2, -0.15) is 15.0 Å². The van der Waals surface area contributed by atoms with E-state index in [1.807, 2.05) is 0 Å². The maximum Gasteiger partial charge on any atom is 0.241 e. The van der Waals surface area contributed by atoms with Crippen molar-refractivity contribution in [2.45, 2.75) is 12.8 Å². The van der Waals surface area contributed by atoms with Crippen molar-refractivity contribution in [3.05, 3.63) is 18.7 Å². The zero-order chi connectivity index (χ0) is 13.9. The highest BCUT2D eigenvalue weighted by atomic mass is 16.3.